The van der Waals surface area contributed by atoms with E-state index in [9.17, 15) is 8.78 Å². The lowest BCUT2D eigenvalue weighted by molar-refractivity contribution is 0.276. The van der Waals surface area contributed by atoms with Crippen LogP contribution in [0.1, 0.15) is 16.7 Å². The predicted octanol–water partition coefficient (Wildman–Crippen LogP) is 3.30. The summed E-state index contributed by atoms with van der Waals surface area (Å²) >= 11 is 0. The fraction of sp³-hybridized carbons (Fsp3) is 0.118. The molecule has 0 atom stereocenters. The molecule has 0 aliphatic heterocycles. The van der Waals surface area contributed by atoms with Crippen molar-refractivity contribution >= 4 is 0 Å². The predicted molar refractivity (Wildman–Crippen MR) is 81.5 cm³/mol. The third kappa shape index (κ3) is 2.94. The molecule has 0 unspecified atom stereocenters. The maximum Gasteiger partial charge on any atom is 0.218 e. The van der Waals surface area contributed by atoms with Gasteiger partial charge in [0.1, 0.15) is 6.61 Å². The molecule has 0 radical (unpaired) electrons. The molecular formula is C17H12F2N4O. The Morgan fingerprint density at radius 3 is 2.79 bits per heavy atom. The average Bonchev–Trinajstić information content (AvgIpc) is 3.08. The van der Waals surface area contributed by atoms with Gasteiger partial charge in [0, 0.05) is 23.9 Å². The van der Waals surface area contributed by atoms with Gasteiger partial charge in [0.15, 0.2) is 17.5 Å². The summed E-state index contributed by atoms with van der Waals surface area (Å²) < 4.78 is 34.4. The van der Waals surface area contributed by atoms with Crippen molar-refractivity contribution in [3.05, 3.63) is 71.1 Å². The summed E-state index contributed by atoms with van der Waals surface area (Å²) in [6, 6.07) is 9.67. The Kier molecular flexibility index (Phi) is 4.20. The quantitative estimate of drug-likeness (QED) is 0.738. The van der Waals surface area contributed by atoms with Crippen LogP contribution in [0.4, 0.5) is 8.78 Å². The van der Waals surface area contributed by atoms with E-state index in [1.165, 1.54) is 36.1 Å². The first-order valence-electron chi connectivity index (χ1n) is 7.07. The van der Waals surface area contributed by atoms with Gasteiger partial charge in [-0.1, -0.05) is 12.1 Å². The van der Waals surface area contributed by atoms with Gasteiger partial charge in [-0.25, -0.2) is 13.8 Å². The van der Waals surface area contributed by atoms with Crippen LogP contribution in [-0.4, -0.2) is 14.8 Å². The molecule has 0 aliphatic carbocycles. The third-order valence-electron chi connectivity index (χ3n) is 3.43. The highest BCUT2D eigenvalue weighted by atomic mass is 19.2. The molecule has 5 nitrogen and oxygen atoms in total. The number of rotatable bonds is 4. The summed E-state index contributed by atoms with van der Waals surface area (Å²) in [7, 11) is 0. The van der Waals surface area contributed by atoms with Crippen molar-refractivity contribution in [1.82, 2.24) is 14.8 Å². The van der Waals surface area contributed by atoms with Crippen molar-refractivity contribution in [2.45, 2.75) is 13.5 Å². The third-order valence-corrected chi connectivity index (χ3v) is 3.43. The Bertz CT molecular complexity index is 931. The molecule has 0 amide bonds. The standard InChI is InChI=1S/C17H12F2N4O/c1-11-2-3-13(17(19)16(11)18)10-24-15-5-7-22-23(15)14-8-12(9-20)4-6-21-14/h2-8H,10H2,1H3. The van der Waals surface area contributed by atoms with E-state index in [0.29, 0.717) is 17.3 Å². The molecule has 120 valence electrons. The fourth-order valence-corrected chi connectivity index (χ4v) is 2.13. The molecule has 0 fully saturated rings. The zero-order valence-corrected chi connectivity index (χ0v) is 12.7. The van der Waals surface area contributed by atoms with Crippen molar-refractivity contribution in [2.24, 2.45) is 0 Å². The molecule has 0 spiro atoms. The van der Waals surface area contributed by atoms with Crippen LogP contribution in [0.15, 0.2) is 42.7 Å². The van der Waals surface area contributed by atoms with Crippen molar-refractivity contribution in [1.29, 1.82) is 5.26 Å². The molecule has 7 heteroatoms. The molecule has 2 aromatic heterocycles. The van der Waals surface area contributed by atoms with E-state index >= 15 is 0 Å². The highest BCUT2D eigenvalue weighted by Crippen LogP contribution is 2.20. The average molecular weight is 326 g/mol. The number of aryl methyl sites for hydroxylation is 1. The van der Waals surface area contributed by atoms with Crippen LogP contribution in [0, 0.1) is 29.9 Å². The Hall–Kier alpha value is -3.27. The smallest absolute Gasteiger partial charge is 0.218 e. The molecule has 0 saturated heterocycles. The van der Waals surface area contributed by atoms with Crippen LogP contribution in [0.3, 0.4) is 0 Å². The van der Waals surface area contributed by atoms with Crippen LogP contribution >= 0.6 is 0 Å². The number of nitrogens with zero attached hydrogens (tertiary/aromatic N) is 4. The Balaban J connectivity index is 1.84. The van der Waals surface area contributed by atoms with Crippen LogP contribution in [0.5, 0.6) is 5.88 Å². The number of hydrogen-bond donors (Lipinski definition) is 0. The van der Waals surface area contributed by atoms with Gasteiger partial charge in [0.05, 0.1) is 17.8 Å². The van der Waals surface area contributed by atoms with Crippen LogP contribution < -0.4 is 4.74 Å². The van der Waals surface area contributed by atoms with Gasteiger partial charge < -0.3 is 4.74 Å². The van der Waals surface area contributed by atoms with Crippen molar-refractivity contribution in [3.63, 3.8) is 0 Å². The molecule has 1 aromatic carbocycles. The maximum absolute atomic E-state index is 13.9. The molecule has 0 bridgehead atoms. The Morgan fingerprint density at radius 1 is 1.17 bits per heavy atom. The lowest BCUT2D eigenvalue weighted by Gasteiger charge is -2.10. The minimum Gasteiger partial charge on any atom is -0.473 e. The van der Waals surface area contributed by atoms with E-state index in [1.807, 2.05) is 6.07 Å². The van der Waals surface area contributed by atoms with Crippen LogP contribution in [-0.2, 0) is 6.61 Å². The summed E-state index contributed by atoms with van der Waals surface area (Å²) in [6.45, 7) is 1.33. The number of aromatic nitrogens is 3. The summed E-state index contributed by atoms with van der Waals surface area (Å²) in [5, 5.41) is 13.0. The molecule has 0 N–H and O–H groups in total. The SMILES string of the molecule is Cc1ccc(COc2ccnn2-c2cc(C#N)ccn2)c(F)c1F. The largest absolute Gasteiger partial charge is 0.473 e. The van der Waals surface area contributed by atoms with Gasteiger partial charge in [0.25, 0.3) is 0 Å². The second-order valence-corrected chi connectivity index (χ2v) is 5.05. The summed E-state index contributed by atoms with van der Waals surface area (Å²) in [5.41, 5.74) is 0.761. The monoisotopic (exact) mass is 326 g/mol. The van der Waals surface area contributed by atoms with Gasteiger partial charge in [-0.15, -0.1) is 0 Å². The fourth-order valence-electron chi connectivity index (χ4n) is 2.13. The molecule has 3 aromatic rings. The number of benzene rings is 1. The first-order valence-corrected chi connectivity index (χ1v) is 7.07. The number of ether oxygens (including phenoxy) is 1. The Morgan fingerprint density at radius 2 is 2.00 bits per heavy atom. The van der Waals surface area contributed by atoms with Gasteiger partial charge in [0.2, 0.25) is 5.88 Å². The minimum absolute atomic E-state index is 0.101. The van der Waals surface area contributed by atoms with Crippen molar-refractivity contribution < 1.29 is 13.5 Å². The number of hydrogen-bond acceptors (Lipinski definition) is 4. The second kappa shape index (κ2) is 6.46. The van der Waals surface area contributed by atoms with Gasteiger partial charge in [-0.05, 0) is 18.6 Å². The highest BCUT2D eigenvalue weighted by molar-refractivity contribution is 5.37. The molecule has 24 heavy (non-hydrogen) atoms. The van der Waals surface area contributed by atoms with E-state index in [4.69, 9.17) is 10.00 Å². The van der Waals surface area contributed by atoms with Crippen molar-refractivity contribution in [2.75, 3.05) is 0 Å². The van der Waals surface area contributed by atoms with Crippen LogP contribution in [0.2, 0.25) is 0 Å². The van der Waals surface area contributed by atoms with E-state index in [2.05, 4.69) is 10.1 Å². The van der Waals surface area contributed by atoms with E-state index in [1.54, 1.807) is 18.2 Å². The first-order chi connectivity index (χ1) is 11.6. The summed E-state index contributed by atoms with van der Waals surface area (Å²) in [5.74, 6) is -1.11. The van der Waals surface area contributed by atoms with E-state index in [0.717, 1.165) is 0 Å². The number of nitriles is 1. The normalized spacial score (nSPS) is 10.4. The molecule has 3 rings (SSSR count). The second-order valence-electron chi connectivity index (χ2n) is 5.05. The number of halogens is 2. The molecule has 2 heterocycles. The lowest BCUT2D eigenvalue weighted by atomic mass is 10.1. The number of pyridine rings is 1. The van der Waals surface area contributed by atoms with Crippen molar-refractivity contribution in [3.8, 4) is 17.8 Å². The van der Waals surface area contributed by atoms with Gasteiger partial charge >= 0.3 is 0 Å². The Labute approximate surface area is 136 Å². The lowest BCUT2D eigenvalue weighted by Crippen LogP contribution is -2.07. The molecule has 0 saturated carbocycles. The molecule has 0 aliphatic rings. The highest BCUT2D eigenvalue weighted by Gasteiger charge is 2.13. The first kappa shape index (κ1) is 15.6. The van der Waals surface area contributed by atoms with Gasteiger partial charge in [-0.2, -0.15) is 15.0 Å². The maximum atomic E-state index is 13.9. The van der Waals surface area contributed by atoms with Gasteiger partial charge in [-0.3, -0.25) is 0 Å². The summed E-state index contributed by atoms with van der Waals surface area (Å²) in [4.78, 5) is 4.12. The minimum atomic E-state index is -0.925. The zero-order valence-electron chi connectivity index (χ0n) is 12.7. The summed E-state index contributed by atoms with van der Waals surface area (Å²) in [6.07, 6.45) is 2.97. The molecular weight excluding hydrogens is 314 g/mol. The van der Waals surface area contributed by atoms with E-state index < -0.39 is 11.6 Å². The zero-order chi connectivity index (χ0) is 17.1. The van der Waals surface area contributed by atoms with E-state index in [-0.39, 0.29) is 17.7 Å². The van der Waals surface area contributed by atoms with Crippen LogP contribution in [0.25, 0.3) is 5.82 Å². The topological polar surface area (TPSA) is 63.7 Å².